The Morgan fingerprint density at radius 1 is 1.12 bits per heavy atom. The number of rotatable bonds is 9. The minimum absolute atomic E-state index is 0.0210. The molecule has 0 bridgehead atoms. The second-order valence-electron chi connectivity index (χ2n) is 6.70. The van der Waals surface area contributed by atoms with E-state index in [0.717, 1.165) is 19.3 Å². The highest BCUT2D eigenvalue weighted by Gasteiger charge is 2.29. The summed E-state index contributed by atoms with van der Waals surface area (Å²) in [6, 6.07) is 5.88. The molecule has 1 aliphatic rings. The Balaban J connectivity index is 1.86. The van der Waals surface area contributed by atoms with Gasteiger partial charge in [0.05, 0.1) is 0 Å². The zero-order valence-corrected chi connectivity index (χ0v) is 15.9. The molecule has 1 aliphatic carbocycles. The summed E-state index contributed by atoms with van der Waals surface area (Å²) in [6.45, 7) is 4.61. The normalized spacial score (nSPS) is 15.7. The third-order valence-corrected chi connectivity index (χ3v) is 4.81. The first kappa shape index (κ1) is 20.2. The molecule has 142 valence electrons. The largest absolute Gasteiger partial charge is 0.354 e. The van der Waals surface area contributed by atoms with E-state index in [1.165, 1.54) is 0 Å². The van der Waals surface area contributed by atoms with Gasteiger partial charge in [-0.3, -0.25) is 14.4 Å². The molecule has 0 radical (unpaired) electrons. The van der Waals surface area contributed by atoms with E-state index in [4.69, 9.17) is 11.6 Å². The maximum Gasteiger partial charge on any atom is 0.251 e. The van der Waals surface area contributed by atoms with E-state index in [1.54, 1.807) is 24.3 Å². The first-order chi connectivity index (χ1) is 12.4. The van der Waals surface area contributed by atoms with Crippen LogP contribution in [-0.4, -0.2) is 36.9 Å². The molecule has 7 heteroatoms. The van der Waals surface area contributed by atoms with Gasteiger partial charge in [-0.25, -0.2) is 0 Å². The van der Waals surface area contributed by atoms with E-state index in [0.29, 0.717) is 23.7 Å². The molecule has 6 nitrogen and oxygen atoms in total. The molecule has 1 saturated carbocycles. The number of nitrogens with one attached hydrogen (secondary N) is 3. The van der Waals surface area contributed by atoms with E-state index in [-0.39, 0.29) is 29.6 Å². The molecule has 2 rings (SSSR count). The van der Waals surface area contributed by atoms with E-state index in [2.05, 4.69) is 16.0 Å². The van der Waals surface area contributed by atoms with Gasteiger partial charge in [-0.15, -0.1) is 0 Å². The van der Waals surface area contributed by atoms with Gasteiger partial charge >= 0.3 is 0 Å². The molecule has 0 heterocycles. The fourth-order valence-electron chi connectivity index (χ4n) is 2.50. The van der Waals surface area contributed by atoms with Crippen LogP contribution in [0, 0.1) is 11.8 Å². The third kappa shape index (κ3) is 6.02. The molecule has 2 atom stereocenters. The molecular formula is C19H26ClN3O3. The highest BCUT2D eigenvalue weighted by atomic mass is 35.5. The van der Waals surface area contributed by atoms with Crippen molar-refractivity contribution in [1.29, 1.82) is 0 Å². The first-order valence-corrected chi connectivity index (χ1v) is 9.42. The zero-order chi connectivity index (χ0) is 19.1. The summed E-state index contributed by atoms with van der Waals surface area (Å²) in [4.78, 5) is 36.5. The summed E-state index contributed by atoms with van der Waals surface area (Å²) in [5.41, 5.74) is 0.451. The van der Waals surface area contributed by atoms with Crippen LogP contribution in [0.1, 0.15) is 43.5 Å². The lowest BCUT2D eigenvalue weighted by Gasteiger charge is -2.23. The fraction of sp³-hybridized carbons (Fsp3) is 0.526. The van der Waals surface area contributed by atoms with Gasteiger partial charge in [0.1, 0.15) is 6.04 Å². The van der Waals surface area contributed by atoms with Gasteiger partial charge in [-0.2, -0.15) is 0 Å². The lowest BCUT2D eigenvalue weighted by Crippen LogP contribution is -2.51. The van der Waals surface area contributed by atoms with Crippen LogP contribution in [-0.2, 0) is 9.59 Å². The Morgan fingerprint density at radius 3 is 2.31 bits per heavy atom. The third-order valence-electron chi connectivity index (χ3n) is 4.56. The summed E-state index contributed by atoms with van der Waals surface area (Å²) < 4.78 is 0. The molecule has 3 amide bonds. The van der Waals surface area contributed by atoms with Crippen LogP contribution in [0.25, 0.3) is 0 Å². The van der Waals surface area contributed by atoms with E-state index in [1.807, 2.05) is 13.8 Å². The van der Waals surface area contributed by atoms with Crippen LogP contribution in [0.5, 0.6) is 0 Å². The molecule has 1 aromatic carbocycles. The van der Waals surface area contributed by atoms with Crippen molar-refractivity contribution in [3.05, 3.63) is 34.9 Å². The van der Waals surface area contributed by atoms with Gasteiger partial charge in [-0.05, 0) is 43.0 Å². The van der Waals surface area contributed by atoms with Crippen molar-refractivity contribution < 1.29 is 14.4 Å². The van der Waals surface area contributed by atoms with Crippen molar-refractivity contribution in [3.63, 3.8) is 0 Å². The highest BCUT2D eigenvalue weighted by Crippen LogP contribution is 2.28. The lowest BCUT2D eigenvalue weighted by molar-refractivity contribution is -0.125. The molecular weight excluding hydrogens is 354 g/mol. The standard InChI is InChI=1S/C19H26ClN3O3/c1-3-12(2)16(23-18(25)14-6-8-15(20)9-7-14)19(26)22-11-10-21-17(24)13-4-5-13/h6-9,12-13,16H,3-5,10-11H2,1-2H3,(H,21,24)(H,22,26)(H,23,25). The van der Waals surface area contributed by atoms with Crippen molar-refractivity contribution in [2.45, 2.75) is 39.2 Å². The van der Waals surface area contributed by atoms with Crippen molar-refractivity contribution >= 4 is 29.3 Å². The monoisotopic (exact) mass is 379 g/mol. The number of carbonyl (C=O) groups excluding carboxylic acids is 3. The van der Waals surface area contributed by atoms with E-state index < -0.39 is 6.04 Å². The Labute approximate surface area is 159 Å². The zero-order valence-electron chi connectivity index (χ0n) is 15.2. The summed E-state index contributed by atoms with van der Waals surface area (Å²) in [5.74, 6) is -0.384. The van der Waals surface area contributed by atoms with Gasteiger partial charge in [0.25, 0.3) is 5.91 Å². The summed E-state index contributed by atoms with van der Waals surface area (Å²) in [7, 11) is 0. The van der Waals surface area contributed by atoms with Gasteiger partial charge in [0, 0.05) is 29.6 Å². The van der Waals surface area contributed by atoms with E-state index >= 15 is 0 Å². The van der Waals surface area contributed by atoms with Gasteiger partial charge in [0.15, 0.2) is 0 Å². The molecule has 0 spiro atoms. The van der Waals surface area contributed by atoms with Gasteiger partial charge in [-0.1, -0.05) is 31.9 Å². The first-order valence-electron chi connectivity index (χ1n) is 9.04. The molecule has 1 fully saturated rings. The quantitative estimate of drug-likeness (QED) is 0.574. The second-order valence-corrected chi connectivity index (χ2v) is 7.14. The Hall–Kier alpha value is -2.08. The maximum atomic E-state index is 12.5. The van der Waals surface area contributed by atoms with Crippen LogP contribution in [0.4, 0.5) is 0 Å². The molecule has 0 aromatic heterocycles. The average Bonchev–Trinajstić information content (AvgIpc) is 3.47. The van der Waals surface area contributed by atoms with Crippen LogP contribution < -0.4 is 16.0 Å². The molecule has 0 saturated heterocycles. The van der Waals surface area contributed by atoms with Crippen molar-refractivity contribution in [3.8, 4) is 0 Å². The predicted molar refractivity (Wildman–Crippen MR) is 101 cm³/mol. The minimum atomic E-state index is -0.637. The maximum absolute atomic E-state index is 12.5. The molecule has 3 N–H and O–H groups in total. The molecule has 2 unspecified atom stereocenters. The predicted octanol–water partition coefficient (Wildman–Crippen LogP) is 2.13. The SMILES string of the molecule is CCC(C)C(NC(=O)c1ccc(Cl)cc1)C(=O)NCCNC(=O)C1CC1. The molecule has 0 aliphatic heterocycles. The smallest absolute Gasteiger partial charge is 0.251 e. The average molecular weight is 380 g/mol. The number of carbonyl (C=O) groups is 3. The topological polar surface area (TPSA) is 87.3 Å². The summed E-state index contributed by atoms with van der Waals surface area (Å²) in [5, 5.41) is 8.94. The highest BCUT2D eigenvalue weighted by molar-refractivity contribution is 6.30. The number of hydrogen-bond donors (Lipinski definition) is 3. The molecule has 1 aromatic rings. The van der Waals surface area contributed by atoms with Crippen molar-refractivity contribution in [1.82, 2.24) is 16.0 Å². The van der Waals surface area contributed by atoms with Crippen LogP contribution in [0.3, 0.4) is 0 Å². The Morgan fingerprint density at radius 2 is 1.73 bits per heavy atom. The lowest BCUT2D eigenvalue weighted by atomic mass is 9.98. The summed E-state index contributed by atoms with van der Waals surface area (Å²) >= 11 is 5.84. The Bertz CT molecular complexity index is 644. The van der Waals surface area contributed by atoms with Crippen molar-refractivity contribution in [2.75, 3.05) is 13.1 Å². The van der Waals surface area contributed by atoms with Crippen LogP contribution in [0.15, 0.2) is 24.3 Å². The summed E-state index contributed by atoms with van der Waals surface area (Å²) in [6.07, 6.45) is 2.65. The number of benzene rings is 1. The van der Waals surface area contributed by atoms with Crippen molar-refractivity contribution in [2.24, 2.45) is 11.8 Å². The number of halogens is 1. The molecule has 26 heavy (non-hydrogen) atoms. The fourth-order valence-corrected chi connectivity index (χ4v) is 2.62. The van der Waals surface area contributed by atoms with Gasteiger partial charge < -0.3 is 16.0 Å². The number of hydrogen-bond acceptors (Lipinski definition) is 3. The second kappa shape index (κ2) is 9.57. The van der Waals surface area contributed by atoms with Crippen LogP contribution >= 0.6 is 11.6 Å². The van der Waals surface area contributed by atoms with Crippen LogP contribution in [0.2, 0.25) is 5.02 Å². The van der Waals surface area contributed by atoms with Gasteiger partial charge in [0.2, 0.25) is 11.8 Å². The Kier molecular flexibility index (Phi) is 7.45. The minimum Gasteiger partial charge on any atom is -0.354 e. The van der Waals surface area contributed by atoms with E-state index in [9.17, 15) is 14.4 Å². The number of amides is 3.